The summed E-state index contributed by atoms with van der Waals surface area (Å²) in [4.78, 5) is 2.46. The summed E-state index contributed by atoms with van der Waals surface area (Å²) >= 11 is 0. The Morgan fingerprint density at radius 2 is 1.95 bits per heavy atom. The fourth-order valence-corrected chi connectivity index (χ4v) is 2.47. The van der Waals surface area contributed by atoms with Gasteiger partial charge in [0.05, 0.1) is 0 Å². The summed E-state index contributed by atoms with van der Waals surface area (Å²) in [6, 6.07) is 8.10. The number of nitrogens with zero attached hydrogens (tertiary/aromatic N) is 1. The lowest BCUT2D eigenvalue weighted by Crippen LogP contribution is -2.36. The minimum Gasteiger partial charge on any atom is -0.508 e. The van der Waals surface area contributed by atoms with Crippen LogP contribution in [0, 0.1) is 0 Å². The van der Waals surface area contributed by atoms with E-state index in [-0.39, 0.29) is 0 Å². The van der Waals surface area contributed by atoms with Crippen LogP contribution in [0.4, 0.5) is 0 Å². The normalized spacial score (nSPS) is 12.8. The minimum absolute atomic E-state index is 0.362. The maximum Gasteiger partial charge on any atom is 0.115 e. The van der Waals surface area contributed by atoms with Crippen molar-refractivity contribution in [1.82, 2.24) is 10.2 Å². The number of rotatable bonds is 10. The molecule has 1 aromatic carbocycles. The van der Waals surface area contributed by atoms with Crippen molar-refractivity contribution in [2.24, 2.45) is 0 Å². The molecule has 0 amide bonds. The third-order valence-electron chi connectivity index (χ3n) is 3.76. The Balaban J connectivity index is 2.54. The Labute approximate surface area is 124 Å². The summed E-state index contributed by atoms with van der Waals surface area (Å²) in [6.45, 7) is 11.0. The van der Waals surface area contributed by atoms with E-state index in [1.165, 1.54) is 5.56 Å². The van der Waals surface area contributed by atoms with Gasteiger partial charge < -0.3 is 15.3 Å². The second-order valence-corrected chi connectivity index (χ2v) is 5.34. The highest BCUT2D eigenvalue weighted by Crippen LogP contribution is 2.14. The lowest BCUT2D eigenvalue weighted by molar-refractivity contribution is 0.280. The number of benzene rings is 1. The number of phenolic OH excluding ortho intramolecular Hbond substituents is 1. The molecule has 3 nitrogen and oxygen atoms in total. The molecule has 1 atom stereocenters. The monoisotopic (exact) mass is 278 g/mol. The van der Waals surface area contributed by atoms with E-state index in [2.05, 4.69) is 37.1 Å². The number of hydrogen-bond acceptors (Lipinski definition) is 3. The van der Waals surface area contributed by atoms with Crippen molar-refractivity contribution in [3.8, 4) is 5.75 Å². The van der Waals surface area contributed by atoms with Crippen LogP contribution in [0.2, 0.25) is 0 Å². The van der Waals surface area contributed by atoms with Gasteiger partial charge in [-0.15, -0.1) is 0 Å². The van der Waals surface area contributed by atoms with Crippen molar-refractivity contribution in [2.45, 2.75) is 46.1 Å². The number of aromatic hydroxyl groups is 1. The van der Waals surface area contributed by atoms with Crippen molar-refractivity contribution in [1.29, 1.82) is 0 Å². The first-order chi connectivity index (χ1) is 9.69. The molecule has 0 spiro atoms. The average Bonchev–Trinajstić information content (AvgIpc) is 2.45. The average molecular weight is 278 g/mol. The van der Waals surface area contributed by atoms with E-state index in [0.29, 0.717) is 11.8 Å². The molecule has 0 saturated carbocycles. The molecular weight excluding hydrogens is 248 g/mol. The summed E-state index contributed by atoms with van der Waals surface area (Å²) < 4.78 is 0. The molecule has 0 aromatic heterocycles. The minimum atomic E-state index is 0.362. The van der Waals surface area contributed by atoms with Crippen molar-refractivity contribution in [3.63, 3.8) is 0 Å². The smallest absolute Gasteiger partial charge is 0.115 e. The van der Waals surface area contributed by atoms with E-state index in [9.17, 15) is 5.11 Å². The van der Waals surface area contributed by atoms with Crippen LogP contribution in [-0.4, -0.2) is 42.2 Å². The SMILES string of the molecule is CCCNC(CCN(CC)CC)Cc1cccc(O)c1. The predicted octanol–water partition coefficient (Wildman–Crippen LogP) is 3.03. The molecule has 0 aliphatic heterocycles. The Hall–Kier alpha value is -1.06. The van der Waals surface area contributed by atoms with Crippen molar-refractivity contribution >= 4 is 0 Å². The van der Waals surface area contributed by atoms with Crippen LogP contribution in [0.25, 0.3) is 0 Å². The Bertz CT molecular complexity index is 364. The van der Waals surface area contributed by atoms with Crippen LogP contribution in [0.15, 0.2) is 24.3 Å². The quantitative estimate of drug-likeness (QED) is 0.690. The lowest BCUT2D eigenvalue weighted by Gasteiger charge is -2.24. The van der Waals surface area contributed by atoms with Gasteiger partial charge in [0.1, 0.15) is 5.75 Å². The highest BCUT2D eigenvalue weighted by Gasteiger charge is 2.11. The Kier molecular flexibility index (Phi) is 8.31. The first kappa shape index (κ1) is 17.0. The van der Waals surface area contributed by atoms with Gasteiger partial charge in [0.15, 0.2) is 0 Å². The van der Waals surface area contributed by atoms with Gasteiger partial charge in [-0.1, -0.05) is 32.9 Å². The standard InChI is InChI=1S/C17H30N2O/c1-4-11-18-16(10-12-19(5-2)6-3)13-15-8-7-9-17(20)14-15/h7-9,14,16,18,20H,4-6,10-13H2,1-3H3. The molecule has 3 heteroatoms. The van der Waals surface area contributed by atoms with Gasteiger partial charge in [0, 0.05) is 6.04 Å². The number of hydrogen-bond donors (Lipinski definition) is 2. The zero-order chi connectivity index (χ0) is 14.8. The summed E-state index contributed by atoms with van der Waals surface area (Å²) in [6.07, 6.45) is 3.29. The van der Waals surface area contributed by atoms with Crippen LogP contribution >= 0.6 is 0 Å². The van der Waals surface area contributed by atoms with E-state index in [0.717, 1.165) is 45.4 Å². The maximum atomic E-state index is 9.57. The van der Waals surface area contributed by atoms with Gasteiger partial charge in [-0.3, -0.25) is 0 Å². The fourth-order valence-electron chi connectivity index (χ4n) is 2.47. The molecule has 114 valence electrons. The largest absolute Gasteiger partial charge is 0.508 e. The summed E-state index contributed by atoms with van der Waals surface area (Å²) in [7, 11) is 0. The highest BCUT2D eigenvalue weighted by molar-refractivity contribution is 5.27. The van der Waals surface area contributed by atoms with Gasteiger partial charge in [-0.2, -0.15) is 0 Å². The maximum absolute atomic E-state index is 9.57. The van der Waals surface area contributed by atoms with Crippen molar-refractivity contribution in [3.05, 3.63) is 29.8 Å². The number of phenols is 1. The summed E-state index contributed by atoms with van der Waals surface area (Å²) in [5, 5.41) is 13.2. The molecule has 1 aromatic rings. The molecule has 0 radical (unpaired) electrons. The molecule has 0 heterocycles. The highest BCUT2D eigenvalue weighted by atomic mass is 16.3. The Morgan fingerprint density at radius 3 is 2.55 bits per heavy atom. The zero-order valence-electron chi connectivity index (χ0n) is 13.2. The second kappa shape index (κ2) is 9.78. The molecule has 20 heavy (non-hydrogen) atoms. The third kappa shape index (κ3) is 6.40. The van der Waals surface area contributed by atoms with Crippen molar-refractivity contribution in [2.75, 3.05) is 26.2 Å². The summed E-state index contributed by atoms with van der Waals surface area (Å²) in [5.74, 6) is 0.362. The molecule has 0 bridgehead atoms. The zero-order valence-corrected chi connectivity index (χ0v) is 13.2. The van der Waals surface area contributed by atoms with Crippen LogP contribution in [0.1, 0.15) is 39.2 Å². The van der Waals surface area contributed by atoms with Crippen LogP contribution < -0.4 is 5.32 Å². The molecule has 0 aliphatic rings. The molecule has 0 fully saturated rings. The van der Waals surface area contributed by atoms with Crippen LogP contribution in [-0.2, 0) is 6.42 Å². The molecule has 2 N–H and O–H groups in total. The molecule has 1 unspecified atom stereocenters. The predicted molar refractivity (Wildman–Crippen MR) is 86.3 cm³/mol. The van der Waals surface area contributed by atoms with Gasteiger partial charge in [0.2, 0.25) is 0 Å². The molecule has 0 saturated heterocycles. The van der Waals surface area contributed by atoms with Gasteiger partial charge in [0.25, 0.3) is 0 Å². The first-order valence-electron chi connectivity index (χ1n) is 7.93. The van der Waals surface area contributed by atoms with E-state index in [4.69, 9.17) is 0 Å². The summed E-state index contributed by atoms with van der Waals surface area (Å²) in [5.41, 5.74) is 1.21. The van der Waals surface area contributed by atoms with E-state index in [1.807, 2.05) is 12.1 Å². The molecular formula is C17H30N2O. The van der Waals surface area contributed by atoms with Crippen LogP contribution in [0.3, 0.4) is 0 Å². The van der Waals surface area contributed by atoms with Crippen molar-refractivity contribution < 1.29 is 5.11 Å². The molecule has 0 aliphatic carbocycles. The van der Waals surface area contributed by atoms with E-state index >= 15 is 0 Å². The van der Waals surface area contributed by atoms with E-state index in [1.54, 1.807) is 6.07 Å². The van der Waals surface area contributed by atoms with Gasteiger partial charge >= 0.3 is 0 Å². The first-order valence-corrected chi connectivity index (χ1v) is 7.93. The van der Waals surface area contributed by atoms with Gasteiger partial charge in [-0.05, 0) is 63.1 Å². The number of nitrogens with one attached hydrogen (secondary N) is 1. The fraction of sp³-hybridized carbons (Fsp3) is 0.647. The topological polar surface area (TPSA) is 35.5 Å². The molecule has 1 rings (SSSR count). The lowest BCUT2D eigenvalue weighted by atomic mass is 10.0. The third-order valence-corrected chi connectivity index (χ3v) is 3.76. The second-order valence-electron chi connectivity index (χ2n) is 5.34. The van der Waals surface area contributed by atoms with E-state index < -0.39 is 0 Å². The van der Waals surface area contributed by atoms with Gasteiger partial charge in [-0.25, -0.2) is 0 Å². The Morgan fingerprint density at radius 1 is 1.20 bits per heavy atom. The van der Waals surface area contributed by atoms with Crippen LogP contribution in [0.5, 0.6) is 5.75 Å².